The van der Waals surface area contributed by atoms with E-state index in [1.54, 1.807) is 32.0 Å². The van der Waals surface area contributed by atoms with E-state index in [2.05, 4.69) is 15.5 Å². The predicted molar refractivity (Wildman–Crippen MR) is 165 cm³/mol. The summed E-state index contributed by atoms with van der Waals surface area (Å²) in [4.78, 5) is 41.8. The molecule has 0 spiro atoms. The van der Waals surface area contributed by atoms with Gasteiger partial charge in [-0.05, 0) is 40.6 Å². The average Bonchev–Trinajstić information content (AvgIpc) is 2.96. The molecular formula is C33H41N3O6. The molecule has 224 valence electrons. The molecule has 2 amide bonds. The highest BCUT2D eigenvalue weighted by Gasteiger charge is 2.25. The number of carbonyl (C=O) groups excluding carboxylic acids is 3. The smallest absolute Gasteiger partial charge is 0.296 e. The maximum Gasteiger partial charge on any atom is 0.296 e. The number of nitrogens with one attached hydrogen (secondary N) is 2. The van der Waals surface area contributed by atoms with E-state index in [4.69, 9.17) is 14.2 Å². The van der Waals surface area contributed by atoms with Gasteiger partial charge in [0.25, 0.3) is 11.7 Å². The van der Waals surface area contributed by atoms with Crippen molar-refractivity contribution < 1.29 is 28.6 Å². The lowest BCUT2D eigenvalue weighted by Gasteiger charge is -2.26. The van der Waals surface area contributed by atoms with E-state index in [1.165, 1.54) is 7.11 Å². The second kappa shape index (κ2) is 13.4. The van der Waals surface area contributed by atoms with Crippen LogP contribution in [0.5, 0.6) is 11.5 Å². The lowest BCUT2D eigenvalue weighted by atomic mass is 9.86. The Morgan fingerprint density at radius 1 is 0.952 bits per heavy atom. The molecule has 3 aromatic rings. The van der Waals surface area contributed by atoms with Crippen LogP contribution < -0.4 is 20.1 Å². The van der Waals surface area contributed by atoms with Gasteiger partial charge in [0.15, 0.2) is 5.75 Å². The number of fused-ring (bicyclic) bond motifs is 1. The molecule has 42 heavy (non-hydrogen) atoms. The second-order valence-electron chi connectivity index (χ2n) is 11.7. The SMILES string of the molecule is COc1c(NC(=O)C(=O)c2ccc(OCCN3CCOCC3)c3ccccc23)cc(C(C)(C)C)cc1NC(=O)C(C)C. The molecule has 0 unspecified atom stereocenters. The fraction of sp³-hybridized carbons (Fsp3) is 0.424. The lowest BCUT2D eigenvalue weighted by molar-refractivity contribution is -0.119. The van der Waals surface area contributed by atoms with Gasteiger partial charge in [0, 0.05) is 36.5 Å². The minimum Gasteiger partial charge on any atom is -0.492 e. The van der Waals surface area contributed by atoms with Crippen molar-refractivity contribution in [3.05, 3.63) is 59.7 Å². The van der Waals surface area contributed by atoms with Crippen molar-refractivity contribution in [2.75, 3.05) is 57.2 Å². The maximum absolute atomic E-state index is 13.5. The third-order valence-corrected chi connectivity index (χ3v) is 7.29. The Bertz CT molecular complexity index is 1450. The first-order valence-electron chi connectivity index (χ1n) is 14.3. The Morgan fingerprint density at radius 3 is 2.21 bits per heavy atom. The zero-order chi connectivity index (χ0) is 30.4. The standard InChI is InChI=1S/C33H41N3O6/c1-21(2)31(38)34-26-19-22(33(3,4)5)20-27(30(26)40-6)35-32(39)29(37)25-11-12-28(24-10-8-7-9-23(24)25)42-18-15-36-13-16-41-17-14-36/h7-12,19-21H,13-18H2,1-6H3,(H,34,38)(H,35,39). The highest BCUT2D eigenvalue weighted by atomic mass is 16.5. The van der Waals surface area contributed by atoms with Gasteiger partial charge in [-0.15, -0.1) is 0 Å². The topological polar surface area (TPSA) is 106 Å². The Hall–Kier alpha value is -3.95. The number of ether oxygens (including phenoxy) is 3. The molecule has 0 aliphatic carbocycles. The minimum absolute atomic E-state index is 0.188. The number of anilines is 2. The van der Waals surface area contributed by atoms with E-state index in [1.807, 2.05) is 51.1 Å². The molecule has 2 N–H and O–H groups in total. The summed E-state index contributed by atoms with van der Waals surface area (Å²) in [6.07, 6.45) is 0. The number of hydrogen-bond acceptors (Lipinski definition) is 7. The van der Waals surface area contributed by atoms with Crippen molar-refractivity contribution in [3.8, 4) is 11.5 Å². The lowest BCUT2D eigenvalue weighted by Crippen LogP contribution is -2.38. The van der Waals surface area contributed by atoms with Gasteiger partial charge in [0.2, 0.25) is 5.91 Å². The molecule has 3 aromatic carbocycles. The minimum atomic E-state index is -0.813. The van der Waals surface area contributed by atoms with E-state index in [-0.39, 0.29) is 28.6 Å². The predicted octanol–water partition coefficient (Wildman–Crippen LogP) is 5.27. The van der Waals surface area contributed by atoms with Crippen LogP contribution in [0.1, 0.15) is 50.5 Å². The molecule has 1 saturated heterocycles. The summed E-state index contributed by atoms with van der Waals surface area (Å²) in [6.45, 7) is 14.1. The maximum atomic E-state index is 13.5. The number of hydrogen-bond donors (Lipinski definition) is 2. The van der Waals surface area contributed by atoms with Crippen molar-refractivity contribution in [3.63, 3.8) is 0 Å². The Morgan fingerprint density at radius 2 is 1.60 bits per heavy atom. The molecule has 0 radical (unpaired) electrons. The number of ketones is 1. The van der Waals surface area contributed by atoms with Crippen LogP contribution in [0, 0.1) is 5.92 Å². The van der Waals surface area contributed by atoms with Gasteiger partial charge in [0.1, 0.15) is 12.4 Å². The summed E-state index contributed by atoms with van der Waals surface area (Å²) in [6, 6.07) is 14.4. The van der Waals surface area contributed by atoms with Gasteiger partial charge in [-0.25, -0.2) is 0 Å². The monoisotopic (exact) mass is 575 g/mol. The summed E-state index contributed by atoms with van der Waals surface area (Å²) >= 11 is 0. The first-order valence-corrected chi connectivity index (χ1v) is 14.3. The number of Topliss-reactive ketones (excluding diaryl/α,β-unsaturated/α-hetero) is 1. The number of nitrogens with zero attached hydrogens (tertiary/aromatic N) is 1. The molecule has 1 fully saturated rings. The fourth-order valence-corrected chi connectivity index (χ4v) is 4.75. The fourth-order valence-electron chi connectivity index (χ4n) is 4.75. The first-order chi connectivity index (χ1) is 20.0. The van der Waals surface area contributed by atoms with Crippen molar-refractivity contribution in [1.29, 1.82) is 0 Å². The molecule has 1 heterocycles. The van der Waals surface area contributed by atoms with Gasteiger partial charge in [-0.2, -0.15) is 0 Å². The van der Waals surface area contributed by atoms with Crippen LogP contribution in [-0.4, -0.2) is 69.1 Å². The van der Waals surface area contributed by atoms with Gasteiger partial charge >= 0.3 is 0 Å². The highest BCUT2D eigenvalue weighted by Crippen LogP contribution is 2.39. The zero-order valence-corrected chi connectivity index (χ0v) is 25.3. The molecule has 9 nitrogen and oxygen atoms in total. The van der Waals surface area contributed by atoms with E-state index < -0.39 is 11.7 Å². The number of carbonyl (C=O) groups is 3. The largest absolute Gasteiger partial charge is 0.492 e. The van der Waals surface area contributed by atoms with Gasteiger partial charge in [-0.3, -0.25) is 19.3 Å². The third-order valence-electron chi connectivity index (χ3n) is 7.29. The number of amides is 2. The summed E-state index contributed by atoms with van der Waals surface area (Å²) in [7, 11) is 1.46. The number of benzene rings is 3. The Labute approximate surface area is 247 Å². The third kappa shape index (κ3) is 7.27. The highest BCUT2D eigenvalue weighted by molar-refractivity contribution is 6.48. The van der Waals surface area contributed by atoms with Crippen LogP contribution in [0.4, 0.5) is 11.4 Å². The molecule has 0 aromatic heterocycles. The van der Waals surface area contributed by atoms with Gasteiger partial charge < -0.3 is 24.8 Å². The normalized spacial score (nSPS) is 14.1. The quantitative estimate of drug-likeness (QED) is 0.251. The van der Waals surface area contributed by atoms with E-state index >= 15 is 0 Å². The molecule has 1 aliphatic heterocycles. The molecule has 0 saturated carbocycles. The van der Waals surface area contributed by atoms with Crippen molar-refractivity contribution >= 4 is 39.7 Å². The summed E-state index contributed by atoms with van der Waals surface area (Å²) in [5, 5.41) is 7.03. The Kier molecular flexibility index (Phi) is 9.85. The summed E-state index contributed by atoms with van der Waals surface area (Å²) in [5.41, 5.74) is 1.54. The van der Waals surface area contributed by atoms with E-state index in [0.29, 0.717) is 29.1 Å². The number of morpholine rings is 1. The van der Waals surface area contributed by atoms with E-state index in [9.17, 15) is 14.4 Å². The van der Waals surface area contributed by atoms with E-state index in [0.717, 1.165) is 43.8 Å². The molecule has 1 aliphatic rings. The zero-order valence-electron chi connectivity index (χ0n) is 25.3. The van der Waals surface area contributed by atoms with Crippen LogP contribution in [0.2, 0.25) is 0 Å². The van der Waals surface area contributed by atoms with Crippen LogP contribution in [-0.2, 0) is 19.7 Å². The summed E-state index contributed by atoms with van der Waals surface area (Å²) in [5.74, 6) is -1.03. The number of rotatable bonds is 10. The van der Waals surface area contributed by atoms with Crippen molar-refractivity contribution in [2.24, 2.45) is 5.92 Å². The molecule has 0 bridgehead atoms. The molecule has 4 rings (SSSR count). The van der Waals surface area contributed by atoms with Crippen molar-refractivity contribution in [2.45, 2.75) is 40.0 Å². The van der Waals surface area contributed by atoms with Crippen LogP contribution in [0.3, 0.4) is 0 Å². The van der Waals surface area contributed by atoms with Crippen molar-refractivity contribution in [1.82, 2.24) is 4.90 Å². The molecule has 9 heteroatoms. The average molecular weight is 576 g/mol. The first kappa shape index (κ1) is 31.0. The van der Waals surface area contributed by atoms with Crippen LogP contribution >= 0.6 is 0 Å². The summed E-state index contributed by atoms with van der Waals surface area (Å²) < 4.78 is 17.1. The van der Waals surface area contributed by atoms with Gasteiger partial charge in [-0.1, -0.05) is 58.9 Å². The Balaban J connectivity index is 1.60. The number of methoxy groups -OCH3 is 1. The van der Waals surface area contributed by atoms with Gasteiger partial charge in [0.05, 0.1) is 31.7 Å². The second-order valence-corrected chi connectivity index (χ2v) is 11.7. The molecule has 0 atom stereocenters. The molecular weight excluding hydrogens is 534 g/mol. The van der Waals surface area contributed by atoms with Crippen LogP contribution in [0.25, 0.3) is 10.8 Å². The van der Waals surface area contributed by atoms with Crippen LogP contribution in [0.15, 0.2) is 48.5 Å².